The van der Waals surface area contributed by atoms with Gasteiger partial charge in [0.2, 0.25) is 5.43 Å². The lowest BCUT2D eigenvalue weighted by Crippen LogP contribution is -2.25. The van der Waals surface area contributed by atoms with Crippen LogP contribution in [0.5, 0.6) is 0 Å². The smallest absolute Gasteiger partial charge is 0.280 e. The first-order valence-corrected chi connectivity index (χ1v) is 9.91. The number of nitrogens with one attached hydrogen (secondary N) is 1. The van der Waals surface area contributed by atoms with Crippen molar-refractivity contribution >= 4 is 22.2 Å². The molecule has 2 heterocycles. The molecule has 1 aliphatic carbocycles. The van der Waals surface area contributed by atoms with Gasteiger partial charge in [0.05, 0.1) is 11.3 Å². The number of aryl methyl sites for hydroxylation is 2. The summed E-state index contributed by atoms with van der Waals surface area (Å²) in [5.41, 5.74) is 2.76. The standard InChI is InChI=1S/C21H18N4O2S/c1-13-6-8-14(9-7-13)25-11-10-17(26)19(24-25)20(27)23-21-16(12-22)15-4-2-3-5-18(15)28-21/h6-11H,2-5H2,1H3,(H,23,27). The van der Waals surface area contributed by atoms with Gasteiger partial charge >= 0.3 is 0 Å². The van der Waals surface area contributed by atoms with Gasteiger partial charge in [-0.1, -0.05) is 17.7 Å². The number of fused-ring (bicyclic) bond motifs is 1. The molecular weight excluding hydrogens is 372 g/mol. The minimum atomic E-state index is -0.596. The number of rotatable bonds is 3. The summed E-state index contributed by atoms with van der Waals surface area (Å²) in [6.45, 7) is 1.98. The predicted octanol–water partition coefficient (Wildman–Crippen LogP) is 3.61. The first-order chi connectivity index (χ1) is 13.6. The van der Waals surface area contributed by atoms with Crippen LogP contribution < -0.4 is 10.7 Å². The molecule has 2 aromatic heterocycles. The van der Waals surface area contributed by atoms with Crippen molar-refractivity contribution in [3.63, 3.8) is 0 Å². The molecule has 1 N–H and O–H groups in total. The molecule has 7 heteroatoms. The molecule has 1 amide bonds. The fourth-order valence-electron chi connectivity index (χ4n) is 3.34. The van der Waals surface area contributed by atoms with E-state index in [1.54, 1.807) is 0 Å². The molecule has 0 radical (unpaired) electrons. The zero-order chi connectivity index (χ0) is 19.7. The molecule has 3 aromatic rings. The van der Waals surface area contributed by atoms with Gasteiger partial charge in [0.1, 0.15) is 11.1 Å². The Hall–Kier alpha value is -3.24. The average Bonchev–Trinajstić information content (AvgIpc) is 3.05. The zero-order valence-corrected chi connectivity index (χ0v) is 16.2. The third kappa shape index (κ3) is 3.35. The van der Waals surface area contributed by atoms with Crippen molar-refractivity contribution in [2.24, 2.45) is 0 Å². The van der Waals surface area contributed by atoms with E-state index < -0.39 is 11.3 Å². The van der Waals surface area contributed by atoms with Crippen LogP contribution in [0.2, 0.25) is 0 Å². The maximum Gasteiger partial charge on any atom is 0.280 e. The highest BCUT2D eigenvalue weighted by atomic mass is 32.1. The Morgan fingerprint density at radius 1 is 1.21 bits per heavy atom. The second-order valence-corrected chi connectivity index (χ2v) is 7.89. The molecule has 0 aliphatic heterocycles. The number of thiophene rings is 1. The first-order valence-electron chi connectivity index (χ1n) is 9.10. The van der Waals surface area contributed by atoms with Crippen molar-refractivity contribution in [2.45, 2.75) is 32.6 Å². The van der Waals surface area contributed by atoms with Crippen LogP contribution in [0.15, 0.2) is 41.3 Å². The van der Waals surface area contributed by atoms with Crippen LogP contribution in [0.4, 0.5) is 5.00 Å². The Kier molecular flexibility index (Phi) is 4.80. The number of amides is 1. The highest BCUT2D eigenvalue weighted by molar-refractivity contribution is 7.16. The number of benzene rings is 1. The molecule has 140 valence electrons. The number of carbonyl (C=O) groups is 1. The van der Waals surface area contributed by atoms with Crippen LogP contribution in [0.25, 0.3) is 5.69 Å². The Bertz CT molecular complexity index is 1150. The van der Waals surface area contributed by atoms with Crippen LogP contribution in [0.3, 0.4) is 0 Å². The van der Waals surface area contributed by atoms with Gasteiger partial charge in [0.15, 0.2) is 5.69 Å². The normalized spacial score (nSPS) is 12.9. The molecule has 28 heavy (non-hydrogen) atoms. The number of anilines is 1. The number of hydrogen-bond donors (Lipinski definition) is 1. The van der Waals surface area contributed by atoms with E-state index in [4.69, 9.17) is 0 Å². The molecule has 6 nitrogen and oxygen atoms in total. The summed E-state index contributed by atoms with van der Waals surface area (Å²) in [4.78, 5) is 26.2. The average molecular weight is 390 g/mol. The van der Waals surface area contributed by atoms with E-state index in [9.17, 15) is 14.9 Å². The van der Waals surface area contributed by atoms with Crippen LogP contribution in [-0.4, -0.2) is 15.7 Å². The van der Waals surface area contributed by atoms with Gasteiger partial charge in [-0.25, -0.2) is 4.68 Å². The van der Waals surface area contributed by atoms with Gasteiger partial charge in [-0.05, 0) is 50.3 Å². The number of nitriles is 1. The summed E-state index contributed by atoms with van der Waals surface area (Å²) in [5, 5.41) is 17.0. The van der Waals surface area contributed by atoms with Crippen molar-refractivity contribution in [1.82, 2.24) is 9.78 Å². The summed E-state index contributed by atoms with van der Waals surface area (Å²) in [5.74, 6) is -0.596. The Morgan fingerprint density at radius 2 is 1.96 bits per heavy atom. The minimum Gasteiger partial charge on any atom is -0.311 e. The van der Waals surface area contributed by atoms with Gasteiger partial charge in [-0.3, -0.25) is 9.59 Å². The van der Waals surface area contributed by atoms with Crippen LogP contribution in [0, 0.1) is 18.3 Å². The van der Waals surface area contributed by atoms with E-state index in [1.165, 1.54) is 28.3 Å². The van der Waals surface area contributed by atoms with E-state index in [2.05, 4.69) is 16.5 Å². The van der Waals surface area contributed by atoms with E-state index >= 15 is 0 Å². The molecule has 0 fully saturated rings. The second-order valence-electron chi connectivity index (χ2n) is 6.79. The fourth-order valence-corrected chi connectivity index (χ4v) is 4.58. The molecule has 0 bridgehead atoms. The molecule has 0 unspecified atom stereocenters. The third-order valence-electron chi connectivity index (χ3n) is 4.83. The van der Waals surface area contributed by atoms with Crippen molar-refractivity contribution < 1.29 is 4.79 Å². The van der Waals surface area contributed by atoms with Gasteiger partial charge in [0.25, 0.3) is 5.91 Å². The van der Waals surface area contributed by atoms with E-state index in [0.29, 0.717) is 10.6 Å². The highest BCUT2D eigenvalue weighted by Crippen LogP contribution is 2.37. The first kappa shape index (κ1) is 18.1. The van der Waals surface area contributed by atoms with Crippen molar-refractivity contribution in [1.29, 1.82) is 5.26 Å². The van der Waals surface area contributed by atoms with Crippen molar-refractivity contribution in [2.75, 3.05) is 5.32 Å². The largest absolute Gasteiger partial charge is 0.311 e. The summed E-state index contributed by atoms with van der Waals surface area (Å²) < 4.78 is 1.50. The predicted molar refractivity (Wildman–Crippen MR) is 108 cm³/mol. The number of hydrogen-bond acceptors (Lipinski definition) is 5. The van der Waals surface area contributed by atoms with E-state index in [1.807, 2.05) is 31.2 Å². The Balaban J connectivity index is 1.67. The van der Waals surface area contributed by atoms with Crippen molar-refractivity contribution in [3.05, 3.63) is 74.0 Å². The van der Waals surface area contributed by atoms with Gasteiger partial charge < -0.3 is 5.32 Å². The maximum absolute atomic E-state index is 12.8. The molecule has 0 saturated heterocycles. The lowest BCUT2D eigenvalue weighted by atomic mass is 9.96. The lowest BCUT2D eigenvalue weighted by molar-refractivity contribution is 0.102. The quantitative estimate of drug-likeness (QED) is 0.740. The molecule has 0 atom stereocenters. The lowest BCUT2D eigenvalue weighted by Gasteiger charge is -2.09. The summed E-state index contributed by atoms with van der Waals surface area (Å²) in [7, 11) is 0. The van der Waals surface area contributed by atoms with Gasteiger partial charge in [-0.15, -0.1) is 11.3 Å². The second kappa shape index (κ2) is 7.41. The summed E-state index contributed by atoms with van der Waals surface area (Å²) in [6.07, 6.45) is 5.46. The Labute approximate surface area is 166 Å². The summed E-state index contributed by atoms with van der Waals surface area (Å²) >= 11 is 1.43. The van der Waals surface area contributed by atoms with Crippen LogP contribution in [-0.2, 0) is 12.8 Å². The SMILES string of the molecule is Cc1ccc(-n2ccc(=O)c(C(=O)Nc3sc4c(c3C#N)CCCC4)n2)cc1. The molecular formula is C21H18N4O2S. The Morgan fingerprint density at radius 3 is 2.71 bits per heavy atom. The number of nitrogens with zero attached hydrogens (tertiary/aromatic N) is 3. The van der Waals surface area contributed by atoms with Crippen molar-refractivity contribution in [3.8, 4) is 11.8 Å². The monoisotopic (exact) mass is 390 g/mol. The molecule has 0 spiro atoms. The van der Waals surface area contributed by atoms with E-state index in [0.717, 1.165) is 47.4 Å². The maximum atomic E-state index is 12.8. The third-order valence-corrected chi connectivity index (χ3v) is 6.04. The van der Waals surface area contributed by atoms with E-state index in [-0.39, 0.29) is 5.69 Å². The van der Waals surface area contributed by atoms with Gasteiger partial charge in [-0.2, -0.15) is 10.4 Å². The van der Waals surface area contributed by atoms with Crippen LogP contribution in [0.1, 0.15) is 44.9 Å². The number of aromatic nitrogens is 2. The minimum absolute atomic E-state index is 0.196. The molecule has 1 aliphatic rings. The molecule has 1 aromatic carbocycles. The molecule has 0 saturated carbocycles. The molecule has 4 rings (SSSR count). The fraction of sp³-hybridized carbons (Fsp3) is 0.238. The zero-order valence-electron chi connectivity index (χ0n) is 15.4. The highest BCUT2D eigenvalue weighted by Gasteiger charge is 2.23. The summed E-state index contributed by atoms with van der Waals surface area (Å²) in [6, 6.07) is 11.1. The number of carbonyl (C=O) groups excluding carboxylic acids is 1. The topological polar surface area (TPSA) is 87.8 Å². The van der Waals surface area contributed by atoms with Crippen LogP contribution >= 0.6 is 11.3 Å². The van der Waals surface area contributed by atoms with Gasteiger partial charge in [0, 0.05) is 17.1 Å².